The number of carbonyl (C=O) groups excluding carboxylic acids is 3. The summed E-state index contributed by atoms with van der Waals surface area (Å²) < 4.78 is 42.8. The van der Waals surface area contributed by atoms with E-state index in [1.807, 2.05) is 0 Å². The van der Waals surface area contributed by atoms with Crippen LogP contribution in [0, 0.1) is 5.92 Å². The highest BCUT2D eigenvalue weighted by Gasteiger charge is 2.35. The van der Waals surface area contributed by atoms with Crippen molar-refractivity contribution in [3.05, 3.63) is 54.1 Å². The molecule has 1 unspecified atom stereocenters. The maximum atomic E-state index is 12.6. The molecule has 2 aromatic carbocycles. The van der Waals surface area contributed by atoms with Crippen molar-refractivity contribution < 1.29 is 32.3 Å². The van der Waals surface area contributed by atoms with E-state index in [0.29, 0.717) is 11.4 Å². The van der Waals surface area contributed by atoms with Gasteiger partial charge in [-0.3, -0.25) is 14.4 Å². The zero-order chi connectivity index (χ0) is 22.6. The first-order valence-electron chi connectivity index (χ1n) is 9.36. The average Bonchev–Trinajstić information content (AvgIpc) is 3.13. The van der Waals surface area contributed by atoms with Gasteiger partial charge >= 0.3 is 6.18 Å². The van der Waals surface area contributed by atoms with Gasteiger partial charge in [0.2, 0.25) is 17.7 Å². The summed E-state index contributed by atoms with van der Waals surface area (Å²) in [5, 5.41) is 4.87. The molecule has 0 aromatic heterocycles. The predicted molar refractivity (Wildman–Crippen MR) is 107 cm³/mol. The average molecular weight is 435 g/mol. The third-order valence-electron chi connectivity index (χ3n) is 4.80. The molecule has 1 saturated heterocycles. The van der Waals surface area contributed by atoms with Crippen LogP contribution in [0.15, 0.2) is 48.5 Å². The fraction of sp³-hybridized carbons (Fsp3) is 0.286. The van der Waals surface area contributed by atoms with Crippen LogP contribution >= 0.6 is 0 Å². The largest absolute Gasteiger partial charge is 0.497 e. The number of ether oxygens (including phenoxy) is 1. The summed E-state index contributed by atoms with van der Waals surface area (Å²) >= 11 is 0. The number of carbonyl (C=O) groups is 3. The van der Waals surface area contributed by atoms with Crippen molar-refractivity contribution in [2.24, 2.45) is 5.92 Å². The summed E-state index contributed by atoms with van der Waals surface area (Å²) in [7, 11) is 1.53. The Hall–Kier alpha value is -3.56. The minimum atomic E-state index is -4.46. The van der Waals surface area contributed by atoms with Gasteiger partial charge in [-0.15, -0.1) is 0 Å². The maximum absolute atomic E-state index is 12.6. The van der Waals surface area contributed by atoms with Gasteiger partial charge in [0.05, 0.1) is 25.1 Å². The third-order valence-corrected chi connectivity index (χ3v) is 4.80. The molecule has 2 aromatic rings. The molecule has 2 N–H and O–H groups in total. The summed E-state index contributed by atoms with van der Waals surface area (Å²) in [6, 6.07) is 10.8. The van der Waals surface area contributed by atoms with Crippen LogP contribution in [-0.4, -0.2) is 37.9 Å². The molecule has 1 aliphatic heterocycles. The number of benzene rings is 2. The predicted octanol–water partition coefficient (Wildman–Crippen LogP) is 2.82. The van der Waals surface area contributed by atoms with Crippen molar-refractivity contribution in [2.45, 2.75) is 12.6 Å². The van der Waals surface area contributed by atoms with E-state index in [1.54, 1.807) is 24.3 Å². The zero-order valence-electron chi connectivity index (χ0n) is 16.5. The van der Waals surface area contributed by atoms with E-state index in [9.17, 15) is 27.6 Å². The van der Waals surface area contributed by atoms with Crippen LogP contribution in [0.1, 0.15) is 12.0 Å². The fourth-order valence-electron chi connectivity index (χ4n) is 3.15. The lowest BCUT2D eigenvalue weighted by Gasteiger charge is -2.17. The van der Waals surface area contributed by atoms with Crippen molar-refractivity contribution in [1.82, 2.24) is 5.32 Å². The van der Waals surface area contributed by atoms with E-state index in [4.69, 9.17) is 4.74 Å². The number of nitrogens with one attached hydrogen (secondary N) is 2. The van der Waals surface area contributed by atoms with Crippen LogP contribution in [0.25, 0.3) is 0 Å². The number of rotatable bonds is 6. The molecule has 31 heavy (non-hydrogen) atoms. The van der Waals surface area contributed by atoms with Crippen LogP contribution < -0.4 is 20.3 Å². The van der Waals surface area contributed by atoms with E-state index < -0.39 is 29.5 Å². The standard InChI is InChI=1S/C21H20F3N3O4/c1-31-17-8-6-16(7-9-17)27-12-13(10-19(27)29)20(30)25-11-18(28)26-15-4-2-14(3-5-15)21(22,23)24/h2-9,13H,10-12H2,1H3,(H,25,30)(H,26,28). The van der Waals surface area contributed by atoms with Crippen molar-refractivity contribution >= 4 is 29.1 Å². The summed E-state index contributed by atoms with van der Waals surface area (Å²) in [5.41, 5.74) is -0.0127. The van der Waals surface area contributed by atoms with Crippen LogP contribution in [-0.2, 0) is 20.6 Å². The Bertz CT molecular complexity index is 959. The van der Waals surface area contributed by atoms with Gasteiger partial charge in [0.15, 0.2) is 0 Å². The first-order valence-corrected chi connectivity index (χ1v) is 9.36. The molecule has 0 radical (unpaired) electrons. The lowest BCUT2D eigenvalue weighted by Crippen LogP contribution is -2.37. The Kier molecular flexibility index (Phi) is 6.47. The summed E-state index contributed by atoms with van der Waals surface area (Å²) in [6.45, 7) is -0.190. The Balaban J connectivity index is 1.50. The van der Waals surface area contributed by atoms with E-state index >= 15 is 0 Å². The molecule has 1 heterocycles. The normalized spacial score (nSPS) is 16.2. The Morgan fingerprint density at radius 1 is 1.10 bits per heavy atom. The maximum Gasteiger partial charge on any atom is 0.416 e. The van der Waals surface area contributed by atoms with Gasteiger partial charge in [-0.25, -0.2) is 0 Å². The fourth-order valence-corrected chi connectivity index (χ4v) is 3.15. The van der Waals surface area contributed by atoms with Gasteiger partial charge in [0.1, 0.15) is 5.75 Å². The number of methoxy groups -OCH3 is 1. The Morgan fingerprint density at radius 3 is 2.32 bits per heavy atom. The summed E-state index contributed by atoms with van der Waals surface area (Å²) in [4.78, 5) is 38.1. The van der Waals surface area contributed by atoms with E-state index in [2.05, 4.69) is 10.6 Å². The van der Waals surface area contributed by atoms with Crippen LogP contribution in [0.2, 0.25) is 0 Å². The summed E-state index contributed by atoms with van der Waals surface area (Å²) in [5.74, 6) is -1.23. The number of alkyl halides is 3. The van der Waals surface area contributed by atoms with E-state index in [-0.39, 0.29) is 31.1 Å². The number of hydrogen-bond donors (Lipinski definition) is 2. The molecular weight excluding hydrogens is 415 g/mol. The van der Waals surface area contributed by atoms with Crippen molar-refractivity contribution in [1.29, 1.82) is 0 Å². The Morgan fingerprint density at radius 2 is 1.74 bits per heavy atom. The molecule has 10 heteroatoms. The van der Waals surface area contributed by atoms with Gasteiger partial charge in [0.25, 0.3) is 0 Å². The highest BCUT2D eigenvalue weighted by Crippen LogP contribution is 2.30. The molecule has 0 bridgehead atoms. The second-order valence-corrected chi connectivity index (χ2v) is 6.94. The molecule has 3 rings (SSSR count). The molecule has 0 saturated carbocycles. The Labute approximate surface area is 176 Å². The lowest BCUT2D eigenvalue weighted by atomic mass is 10.1. The van der Waals surface area contributed by atoms with Gasteiger partial charge in [-0.2, -0.15) is 13.2 Å². The topological polar surface area (TPSA) is 87.7 Å². The number of hydrogen-bond acceptors (Lipinski definition) is 4. The van der Waals surface area contributed by atoms with Crippen LogP contribution in [0.3, 0.4) is 0 Å². The highest BCUT2D eigenvalue weighted by atomic mass is 19.4. The van der Waals surface area contributed by atoms with Crippen molar-refractivity contribution in [3.8, 4) is 5.75 Å². The molecule has 3 amide bonds. The smallest absolute Gasteiger partial charge is 0.416 e. The third kappa shape index (κ3) is 5.53. The molecule has 1 aliphatic rings. The van der Waals surface area contributed by atoms with Crippen LogP contribution in [0.4, 0.5) is 24.5 Å². The van der Waals surface area contributed by atoms with E-state index in [0.717, 1.165) is 24.3 Å². The SMILES string of the molecule is COc1ccc(N2CC(C(=O)NCC(=O)Nc3ccc(C(F)(F)F)cc3)CC2=O)cc1. The quantitative estimate of drug-likeness (QED) is 0.731. The van der Waals surface area contributed by atoms with Gasteiger partial charge in [-0.1, -0.05) is 0 Å². The zero-order valence-corrected chi connectivity index (χ0v) is 16.5. The monoisotopic (exact) mass is 435 g/mol. The molecule has 1 fully saturated rings. The number of nitrogens with zero attached hydrogens (tertiary/aromatic N) is 1. The van der Waals surface area contributed by atoms with Gasteiger partial charge in [-0.05, 0) is 48.5 Å². The minimum Gasteiger partial charge on any atom is -0.497 e. The molecular formula is C21H20F3N3O4. The second-order valence-electron chi connectivity index (χ2n) is 6.94. The number of halogens is 3. The van der Waals surface area contributed by atoms with Crippen LogP contribution in [0.5, 0.6) is 5.75 Å². The lowest BCUT2D eigenvalue weighted by molar-refractivity contribution is -0.137. The van der Waals surface area contributed by atoms with Crippen molar-refractivity contribution in [3.63, 3.8) is 0 Å². The van der Waals surface area contributed by atoms with Gasteiger partial charge in [0, 0.05) is 24.3 Å². The van der Waals surface area contributed by atoms with Gasteiger partial charge < -0.3 is 20.3 Å². The highest BCUT2D eigenvalue weighted by molar-refractivity contribution is 6.01. The molecule has 0 aliphatic carbocycles. The first-order chi connectivity index (χ1) is 14.7. The molecule has 7 nitrogen and oxygen atoms in total. The number of anilines is 2. The molecule has 164 valence electrons. The minimum absolute atomic E-state index is 0.0123. The molecule has 0 spiro atoms. The number of amides is 3. The van der Waals surface area contributed by atoms with Crippen molar-refractivity contribution in [2.75, 3.05) is 30.4 Å². The first kappa shape index (κ1) is 22.1. The second kappa shape index (κ2) is 9.07. The van der Waals surface area contributed by atoms with E-state index in [1.165, 1.54) is 12.0 Å². The molecule has 1 atom stereocenters. The summed E-state index contributed by atoms with van der Waals surface area (Å²) in [6.07, 6.45) is -4.45.